The summed E-state index contributed by atoms with van der Waals surface area (Å²) in [5.74, 6) is 0.478. The van der Waals surface area contributed by atoms with Gasteiger partial charge in [-0.25, -0.2) is 4.98 Å². The number of hydrogen-bond acceptors (Lipinski definition) is 3. The monoisotopic (exact) mass is 290 g/mol. The fourth-order valence-corrected chi connectivity index (χ4v) is 2.36. The molecule has 3 rings (SSSR count). The van der Waals surface area contributed by atoms with Gasteiger partial charge in [-0.3, -0.25) is 4.79 Å². The summed E-state index contributed by atoms with van der Waals surface area (Å²) >= 11 is 0. The number of aryl methyl sites for hydroxylation is 1. The lowest BCUT2D eigenvalue weighted by molar-refractivity contribution is 0.0957. The normalized spacial score (nSPS) is 10.8. The standard InChI is InChI=1S/C17H15BN2O2/c1-11-4-5-14-12(9-11)13(17(21)19-7-6-18)10-15(20-14)16-3-2-8-22-16/h2-5,8-10H,6-7H2,1H3,(H,19,21). The Morgan fingerprint density at radius 2 is 2.18 bits per heavy atom. The highest BCUT2D eigenvalue weighted by Crippen LogP contribution is 2.26. The molecule has 1 amide bonds. The lowest BCUT2D eigenvalue weighted by atomic mass is 10.0. The first-order chi connectivity index (χ1) is 10.7. The van der Waals surface area contributed by atoms with E-state index < -0.39 is 0 Å². The number of nitrogens with one attached hydrogen (secondary N) is 1. The Morgan fingerprint density at radius 1 is 1.32 bits per heavy atom. The van der Waals surface area contributed by atoms with E-state index in [-0.39, 0.29) is 5.91 Å². The van der Waals surface area contributed by atoms with Crippen LogP contribution in [0.5, 0.6) is 0 Å². The van der Waals surface area contributed by atoms with Crippen molar-refractivity contribution < 1.29 is 9.21 Å². The highest BCUT2D eigenvalue weighted by atomic mass is 16.3. The van der Waals surface area contributed by atoms with Crippen molar-refractivity contribution in [1.29, 1.82) is 0 Å². The van der Waals surface area contributed by atoms with Gasteiger partial charge in [-0.15, -0.1) is 0 Å². The number of furan rings is 1. The van der Waals surface area contributed by atoms with E-state index in [1.807, 2.05) is 31.2 Å². The van der Waals surface area contributed by atoms with Gasteiger partial charge in [0.1, 0.15) is 5.69 Å². The smallest absolute Gasteiger partial charge is 0.252 e. The SMILES string of the molecule is [B]CCNC(=O)c1cc(-c2ccco2)nc2ccc(C)cc12. The number of fused-ring (bicyclic) bond motifs is 1. The molecule has 0 bridgehead atoms. The molecule has 22 heavy (non-hydrogen) atoms. The van der Waals surface area contributed by atoms with E-state index >= 15 is 0 Å². The van der Waals surface area contributed by atoms with Crippen LogP contribution in [-0.4, -0.2) is 25.3 Å². The van der Waals surface area contributed by atoms with Gasteiger partial charge in [-0.05, 0) is 37.3 Å². The molecule has 5 heteroatoms. The van der Waals surface area contributed by atoms with Crippen molar-refractivity contribution in [2.45, 2.75) is 13.2 Å². The average molecular weight is 290 g/mol. The van der Waals surface area contributed by atoms with Crippen LogP contribution in [0.3, 0.4) is 0 Å². The Morgan fingerprint density at radius 3 is 2.91 bits per heavy atom. The summed E-state index contributed by atoms with van der Waals surface area (Å²) in [4.78, 5) is 17.0. The maximum Gasteiger partial charge on any atom is 0.252 e. The molecule has 0 fully saturated rings. The molecule has 0 unspecified atom stereocenters. The quantitative estimate of drug-likeness (QED) is 0.751. The number of carbonyl (C=O) groups is 1. The topological polar surface area (TPSA) is 55.1 Å². The molecule has 1 N–H and O–H groups in total. The zero-order chi connectivity index (χ0) is 15.5. The molecule has 2 heterocycles. The molecular weight excluding hydrogens is 275 g/mol. The minimum absolute atomic E-state index is 0.156. The molecule has 0 atom stereocenters. The number of carbonyl (C=O) groups excluding carboxylic acids is 1. The number of benzene rings is 1. The van der Waals surface area contributed by atoms with Crippen LogP contribution in [-0.2, 0) is 0 Å². The van der Waals surface area contributed by atoms with Gasteiger partial charge >= 0.3 is 0 Å². The number of amides is 1. The van der Waals surface area contributed by atoms with E-state index in [1.54, 1.807) is 18.4 Å². The van der Waals surface area contributed by atoms with Gasteiger partial charge in [0.2, 0.25) is 0 Å². The second-order valence-corrected chi connectivity index (χ2v) is 5.10. The second kappa shape index (κ2) is 6.06. The van der Waals surface area contributed by atoms with Crippen LogP contribution in [0.25, 0.3) is 22.4 Å². The Balaban J connectivity index is 2.17. The molecule has 0 spiro atoms. The van der Waals surface area contributed by atoms with Gasteiger partial charge in [0.05, 0.1) is 25.2 Å². The highest BCUT2D eigenvalue weighted by molar-refractivity contribution is 6.10. The summed E-state index contributed by atoms with van der Waals surface area (Å²) in [5, 5.41) is 3.63. The summed E-state index contributed by atoms with van der Waals surface area (Å²) in [6.07, 6.45) is 1.99. The lowest BCUT2D eigenvalue weighted by Gasteiger charge is -2.10. The molecule has 0 aliphatic heterocycles. The molecule has 2 aromatic heterocycles. The minimum atomic E-state index is -0.156. The summed E-state index contributed by atoms with van der Waals surface area (Å²) in [6, 6.07) is 11.2. The van der Waals surface area contributed by atoms with Crippen molar-refractivity contribution in [2.24, 2.45) is 0 Å². The van der Waals surface area contributed by atoms with Crippen molar-refractivity contribution in [3.05, 3.63) is 53.8 Å². The zero-order valence-corrected chi connectivity index (χ0v) is 12.3. The maximum absolute atomic E-state index is 12.4. The third kappa shape index (κ3) is 2.75. The van der Waals surface area contributed by atoms with E-state index in [1.165, 1.54) is 0 Å². The number of pyridine rings is 1. The summed E-state index contributed by atoms with van der Waals surface area (Å²) < 4.78 is 5.39. The zero-order valence-electron chi connectivity index (χ0n) is 12.3. The molecule has 0 aliphatic carbocycles. The van der Waals surface area contributed by atoms with Crippen LogP contribution >= 0.6 is 0 Å². The number of hydrogen-bond donors (Lipinski definition) is 1. The maximum atomic E-state index is 12.4. The molecule has 2 radical (unpaired) electrons. The first kappa shape index (κ1) is 14.4. The predicted octanol–water partition coefficient (Wildman–Crippen LogP) is 3.12. The first-order valence-corrected chi connectivity index (χ1v) is 7.12. The van der Waals surface area contributed by atoms with Gasteiger partial charge in [0.15, 0.2) is 5.76 Å². The Hall–Kier alpha value is -2.56. The lowest BCUT2D eigenvalue weighted by Crippen LogP contribution is -2.24. The van der Waals surface area contributed by atoms with Gasteiger partial charge in [-0.2, -0.15) is 0 Å². The van der Waals surface area contributed by atoms with Crippen molar-refractivity contribution in [1.82, 2.24) is 10.3 Å². The van der Waals surface area contributed by atoms with Crippen molar-refractivity contribution in [3.8, 4) is 11.5 Å². The van der Waals surface area contributed by atoms with Gasteiger partial charge in [0.25, 0.3) is 5.91 Å². The molecule has 0 aliphatic rings. The van der Waals surface area contributed by atoms with Gasteiger partial charge < -0.3 is 9.73 Å². The summed E-state index contributed by atoms with van der Waals surface area (Å²) in [6.45, 7) is 2.42. The van der Waals surface area contributed by atoms with E-state index in [0.29, 0.717) is 29.9 Å². The van der Waals surface area contributed by atoms with Crippen molar-refractivity contribution in [3.63, 3.8) is 0 Å². The van der Waals surface area contributed by atoms with Crippen LogP contribution in [0.2, 0.25) is 6.32 Å². The van der Waals surface area contributed by atoms with Gasteiger partial charge in [-0.1, -0.05) is 17.9 Å². The van der Waals surface area contributed by atoms with Crippen LogP contribution in [0, 0.1) is 6.92 Å². The van der Waals surface area contributed by atoms with E-state index in [9.17, 15) is 4.79 Å². The molecule has 4 nitrogen and oxygen atoms in total. The third-order valence-corrected chi connectivity index (χ3v) is 3.41. The van der Waals surface area contributed by atoms with Crippen molar-refractivity contribution >= 4 is 24.7 Å². The second-order valence-electron chi connectivity index (χ2n) is 5.10. The Bertz CT molecular complexity index is 813. The first-order valence-electron chi connectivity index (χ1n) is 7.12. The molecule has 1 aromatic carbocycles. The van der Waals surface area contributed by atoms with Crippen LogP contribution < -0.4 is 5.32 Å². The fourth-order valence-electron chi connectivity index (χ4n) is 2.36. The van der Waals surface area contributed by atoms with Crippen LogP contribution in [0.1, 0.15) is 15.9 Å². The molecule has 3 aromatic rings. The third-order valence-electron chi connectivity index (χ3n) is 3.41. The van der Waals surface area contributed by atoms with E-state index in [0.717, 1.165) is 16.5 Å². The summed E-state index contributed by atoms with van der Waals surface area (Å²) in [7, 11) is 5.46. The number of nitrogens with zero attached hydrogens (tertiary/aromatic N) is 1. The number of aromatic nitrogens is 1. The highest BCUT2D eigenvalue weighted by Gasteiger charge is 2.14. The molecule has 108 valence electrons. The van der Waals surface area contributed by atoms with Crippen LogP contribution in [0.4, 0.5) is 0 Å². The summed E-state index contributed by atoms with van der Waals surface area (Å²) in [5.41, 5.74) is 3.05. The fraction of sp³-hybridized carbons (Fsp3) is 0.176. The average Bonchev–Trinajstić information content (AvgIpc) is 3.06. The molecule has 0 saturated carbocycles. The van der Waals surface area contributed by atoms with E-state index in [4.69, 9.17) is 12.3 Å². The van der Waals surface area contributed by atoms with E-state index in [2.05, 4.69) is 10.3 Å². The predicted molar refractivity (Wildman–Crippen MR) is 87.1 cm³/mol. The molecular formula is C17H15BN2O2. The minimum Gasteiger partial charge on any atom is -0.463 e. The number of rotatable bonds is 4. The molecule has 0 saturated heterocycles. The Kier molecular flexibility index (Phi) is 3.96. The Labute approximate surface area is 130 Å². The largest absolute Gasteiger partial charge is 0.463 e. The van der Waals surface area contributed by atoms with Crippen LogP contribution in [0.15, 0.2) is 47.1 Å². The van der Waals surface area contributed by atoms with Crippen molar-refractivity contribution in [2.75, 3.05) is 6.54 Å². The van der Waals surface area contributed by atoms with Gasteiger partial charge in [0, 0.05) is 11.9 Å².